The monoisotopic (exact) mass is 245 g/mol. The fourth-order valence-electron chi connectivity index (χ4n) is 2.46. The number of aliphatic hydroxyl groups is 1. The third-order valence-corrected chi connectivity index (χ3v) is 3.54. The first-order valence-electron chi connectivity index (χ1n) is 6.39. The van der Waals surface area contributed by atoms with Gasteiger partial charge < -0.3 is 10.0 Å². The second-order valence-electron chi connectivity index (χ2n) is 4.66. The molecule has 0 radical (unpaired) electrons. The van der Waals surface area contributed by atoms with Crippen LogP contribution in [0.15, 0.2) is 18.6 Å². The van der Waals surface area contributed by atoms with E-state index in [0.29, 0.717) is 12.0 Å². The summed E-state index contributed by atoms with van der Waals surface area (Å²) in [5, 5.41) is 8.69. The number of anilines is 1. The van der Waals surface area contributed by atoms with Crippen LogP contribution in [0.4, 0.5) is 5.82 Å². The molecule has 0 bridgehead atoms. The van der Waals surface area contributed by atoms with Crippen molar-refractivity contribution in [3.63, 3.8) is 0 Å². The predicted octanol–water partition coefficient (Wildman–Crippen LogP) is 1.47. The van der Waals surface area contributed by atoms with E-state index in [1.54, 1.807) is 18.6 Å². The van der Waals surface area contributed by atoms with Crippen LogP contribution in [0.2, 0.25) is 0 Å². The van der Waals surface area contributed by atoms with Gasteiger partial charge >= 0.3 is 0 Å². The zero-order chi connectivity index (χ0) is 12.8. The van der Waals surface area contributed by atoms with Gasteiger partial charge in [-0.05, 0) is 25.7 Å². The standard InChI is InChI=1S/C14H19N3O/c1-17(14-11-15-8-9-16-14)13-6-4-12(5-7-13)3-2-10-18/h8-9,11-13,18H,4-7,10H2,1H3/t12-,13-. The fourth-order valence-corrected chi connectivity index (χ4v) is 2.46. The van der Waals surface area contributed by atoms with Crippen LogP contribution in [0, 0.1) is 17.8 Å². The Morgan fingerprint density at radius 2 is 2.11 bits per heavy atom. The van der Waals surface area contributed by atoms with Crippen LogP contribution in [-0.4, -0.2) is 34.8 Å². The van der Waals surface area contributed by atoms with E-state index in [1.807, 2.05) is 0 Å². The maximum atomic E-state index is 8.69. The molecule has 0 atom stereocenters. The van der Waals surface area contributed by atoms with Crippen molar-refractivity contribution in [3.05, 3.63) is 18.6 Å². The third-order valence-electron chi connectivity index (χ3n) is 3.54. The van der Waals surface area contributed by atoms with Crippen LogP contribution in [0.25, 0.3) is 0 Å². The van der Waals surface area contributed by atoms with E-state index in [9.17, 15) is 0 Å². The highest BCUT2D eigenvalue weighted by Gasteiger charge is 2.23. The molecule has 96 valence electrons. The minimum Gasteiger partial charge on any atom is -0.384 e. The summed E-state index contributed by atoms with van der Waals surface area (Å²) in [6.45, 7) is -0.0283. The van der Waals surface area contributed by atoms with E-state index < -0.39 is 0 Å². The summed E-state index contributed by atoms with van der Waals surface area (Å²) in [5.74, 6) is 7.27. The second-order valence-corrected chi connectivity index (χ2v) is 4.66. The Bertz CT molecular complexity index is 416. The molecule has 1 aromatic rings. The highest BCUT2D eigenvalue weighted by molar-refractivity contribution is 5.35. The average molecular weight is 245 g/mol. The van der Waals surface area contributed by atoms with Crippen molar-refractivity contribution in [2.75, 3.05) is 18.6 Å². The van der Waals surface area contributed by atoms with Crippen molar-refractivity contribution in [2.24, 2.45) is 5.92 Å². The summed E-state index contributed by atoms with van der Waals surface area (Å²) >= 11 is 0. The molecule has 0 amide bonds. The van der Waals surface area contributed by atoms with E-state index in [-0.39, 0.29) is 6.61 Å². The average Bonchev–Trinajstić information content (AvgIpc) is 2.46. The number of rotatable bonds is 2. The van der Waals surface area contributed by atoms with Gasteiger partial charge in [0.2, 0.25) is 0 Å². The molecule has 0 aromatic carbocycles. The van der Waals surface area contributed by atoms with E-state index in [2.05, 4.69) is 33.8 Å². The van der Waals surface area contributed by atoms with Crippen LogP contribution in [0.3, 0.4) is 0 Å². The molecule has 4 heteroatoms. The summed E-state index contributed by atoms with van der Waals surface area (Å²) in [6, 6.07) is 0.522. The molecule has 4 nitrogen and oxygen atoms in total. The number of hydrogen-bond donors (Lipinski definition) is 1. The maximum absolute atomic E-state index is 8.69. The Kier molecular flexibility index (Phi) is 4.54. The molecule has 1 aliphatic rings. The Balaban J connectivity index is 1.90. The van der Waals surface area contributed by atoms with Gasteiger partial charge in [0.05, 0.1) is 6.20 Å². The van der Waals surface area contributed by atoms with Crippen LogP contribution in [0.1, 0.15) is 25.7 Å². The van der Waals surface area contributed by atoms with Gasteiger partial charge in [0.15, 0.2) is 0 Å². The van der Waals surface area contributed by atoms with Crippen molar-refractivity contribution < 1.29 is 5.11 Å². The SMILES string of the molecule is CN(c1cnccn1)[C@H]1CC[C@H](C#CCO)CC1. The number of aromatic nitrogens is 2. The van der Waals surface area contributed by atoms with Crippen LogP contribution < -0.4 is 4.90 Å². The molecule has 1 N–H and O–H groups in total. The molecule has 1 heterocycles. The molecular formula is C14H19N3O. The lowest BCUT2D eigenvalue weighted by atomic mass is 9.86. The minimum absolute atomic E-state index is 0.0283. The van der Waals surface area contributed by atoms with Crippen LogP contribution >= 0.6 is 0 Å². The quantitative estimate of drug-likeness (QED) is 0.802. The first-order chi connectivity index (χ1) is 8.81. The first kappa shape index (κ1) is 12.8. The topological polar surface area (TPSA) is 49.2 Å². The summed E-state index contributed by atoms with van der Waals surface area (Å²) in [6.07, 6.45) is 9.67. The molecule has 1 aliphatic carbocycles. The molecule has 1 saturated carbocycles. The van der Waals surface area contributed by atoms with E-state index in [1.165, 1.54) is 0 Å². The molecule has 1 fully saturated rings. The molecule has 0 saturated heterocycles. The third kappa shape index (κ3) is 3.21. The zero-order valence-corrected chi connectivity index (χ0v) is 10.7. The lowest BCUT2D eigenvalue weighted by Crippen LogP contribution is -2.35. The van der Waals surface area contributed by atoms with Crippen molar-refractivity contribution in [1.82, 2.24) is 9.97 Å². The summed E-state index contributed by atoms with van der Waals surface area (Å²) in [4.78, 5) is 10.6. The Morgan fingerprint density at radius 3 is 2.72 bits per heavy atom. The van der Waals surface area contributed by atoms with Gasteiger partial charge in [-0.2, -0.15) is 0 Å². The van der Waals surface area contributed by atoms with Gasteiger partial charge in [0, 0.05) is 31.4 Å². The molecule has 0 spiro atoms. The molecule has 1 aromatic heterocycles. The lowest BCUT2D eigenvalue weighted by Gasteiger charge is -2.33. The first-order valence-corrected chi connectivity index (χ1v) is 6.39. The van der Waals surface area contributed by atoms with Crippen LogP contribution in [-0.2, 0) is 0 Å². The number of aliphatic hydroxyl groups excluding tert-OH is 1. The van der Waals surface area contributed by atoms with Gasteiger partial charge in [-0.1, -0.05) is 11.8 Å². The van der Waals surface area contributed by atoms with Gasteiger partial charge in [-0.15, -0.1) is 0 Å². The van der Waals surface area contributed by atoms with E-state index >= 15 is 0 Å². The largest absolute Gasteiger partial charge is 0.384 e. The Hall–Kier alpha value is -1.60. The number of nitrogens with zero attached hydrogens (tertiary/aromatic N) is 3. The van der Waals surface area contributed by atoms with E-state index in [0.717, 1.165) is 31.5 Å². The van der Waals surface area contributed by atoms with Crippen molar-refractivity contribution in [3.8, 4) is 11.8 Å². The minimum atomic E-state index is -0.0283. The van der Waals surface area contributed by atoms with Gasteiger partial charge in [0.1, 0.15) is 12.4 Å². The molecule has 0 unspecified atom stereocenters. The second kappa shape index (κ2) is 6.36. The lowest BCUT2D eigenvalue weighted by molar-refractivity contribution is 0.348. The van der Waals surface area contributed by atoms with Gasteiger partial charge in [-0.3, -0.25) is 4.98 Å². The molecule has 18 heavy (non-hydrogen) atoms. The highest BCUT2D eigenvalue weighted by atomic mass is 16.2. The predicted molar refractivity (Wildman–Crippen MR) is 71.0 cm³/mol. The van der Waals surface area contributed by atoms with E-state index in [4.69, 9.17) is 5.11 Å². The van der Waals surface area contributed by atoms with Gasteiger partial charge in [-0.25, -0.2) is 4.98 Å². The smallest absolute Gasteiger partial charge is 0.147 e. The highest BCUT2D eigenvalue weighted by Crippen LogP contribution is 2.28. The summed E-state index contributed by atoms with van der Waals surface area (Å²) < 4.78 is 0. The van der Waals surface area contributed by atoms with Gasteiger partial charge in [0.25, 0.3) is 0 Å². The zero-order valence-electron chi connectivity index (χ0n) is 10.7. The Morgan fingerprint density at radius 1 is 1.33 bits per heavy atom. The normalized spacial score (nSPS) is 23.0. The van der Waals surface area contributed by atoms with Crippen molar-refractivity contribution in [1.29, 1.82) is 0 Å². The fraction of sp³-hybridized carbons (Fsp3) is 0.571. The summed E-state index contributed by atoms with van der Waals surface area (Å²) in [5.41, 5.74) is 0. The molecule has 2 rings (SSSR count). The molecule has 0 aliphatic heterocycles. The van der Waals surface area contributed by atoms with Crippen molar-refractivity contribution in [2.45, 2.75) is 31.7 Å². The maximum Gasteiger partial charge on any atom is 0.147 e. The summed E-state index contributed by atoms with van der Waals surface area (Å²) in [7, 11) is 2.08. The number of hydrogen-bond acceptors (Lipinski definition) is 4. The Labute approximate surface area is 108 Å². The molecular weight excluding hydrogens is 226 g/mol. The van der Waals surface area contributed by atoms with Crippen LogP contribution in [0.5, 0.6) is 0 Å². The van der Waals surface area contributed by atoms with Crippen molar-refractivity contribution >= 4 is 5.82 Å².